The van der Waals surface area contributed by atoms with Gasteiger partial charge in [-0.3, -0.25) is 4.79 Å². The van der Waals surface area contributed by atoms with Crippen LogP contribution in [0.3, 0.4) is 0 Å². The van der Waals surface area contributed by atoms with Gasteiger partial charge in [0.15, 0.2) is 0 Å². The normalized spacial score (nSPS) is 49.0. The Balaban J connectivity index is 1.48. The molecule has 2 heteroatoms. The van der Waals surface area contributed by atoms with Crippen molar-refractivity contribution in [2.75, 3.05) is 0 Å². The summed E-state index contributed by atoms with van der Waals surface area (Å²) < 4.78 is 0. The van der Waals surface area contributed by atoms with Gasteiger partial charge in [0.25, 0.3) is 0 Å². The summed E-state index contributed by atoms with van der Waals surface area (Å²) in [4.78, 5) is 11.2. The van der Waals surface area contributed by atoms with Crippen LogP contribution in [0.4, 0.5) is 0 Å². The number of aliphatic carboxylic acids is 1. The first-order chi connectivity index (χ1) is 12.4. The lowest BCUT2D eigenvalue weighted by Gasteiger charge is -2.60. The average Bonchev–Trinajstić information content (AvgIpc) is 2.95. The smallest absolute Gasteiger partial charge is 0.306 e. The molecule has 4 aliphatic rings. The minimum Gasteiger partial charge on any atom is -0.481 e. The molecular formula is C24H40O2. The molecule has 4 fully saturated rings. The molecule has 0 bridgehead atoms. The van der Waals surface area contributed by atoms with E-state index in [-0.39, 0.29) is 5.92 Å². The zero-order chi connectivity index (χ0) is 18.5. The predicted molar refractivity (Wildman–Crippen MR) is 106 cm³/mol. The summed E-state index contributed by atoms with van der Waals surface area (Å²) in [6, 6.07) is 0. The molecule has 7 unspecified atom stereocenters. The van der Waals surface area contributed by atoms with Crippen molar-refractivity contribution >= 4 is 5.97 Å². The van der Waals surface area contributed by atoms with Gasteiger partial charge in [0.2, 0.25) is 0 Å². The lowest BCUT2D eigenvalue weighted by molar-refractivity contribution is -0.141. The van der Waals surface area contributed by atoms with Crippen molar-refractivity contribution in [3.05, 3.63) is 0 Å². The Morgan fingerprint density at radius 2 is 1.73 bits per heavy atom. The van der Waals surface area contributed by atoms with Gasteiger partial charge in [0.1, 0.15) is 0 Å². The first-order valence-corrected chi connectivity index (χ1v) is 11.6. The second-order valence-electron chi connectivity index (χ2n) is 11.0. The quantitative estimate of drug-likeness (QED) is 0.618. The summed E-state index contributed by atoms with van der Waals surface area (Å²) in [6.45, 7) is 7.14. The van der Waals surface area contributed by atoms with Crippen LogP contribution in [-0.2, 0) is 4.79 Å². The van der Waals surface area contributed by atoms with Crippen LogP contribution in [-0.4, -0.2) is 11.1 Å². The predicted octanol–water partition coefficient (Wildman–Crippen LogP) is 6.54. The minimum atomic E-state index is -0.614. The molecule has 4 rings (SSSR count). The van der Waals surface area contributed by atoms with E-state index in [9.17, 15) is 9.90 Å². The summed E-state index contributed by atoms with van der Waals surface area (Å²) in [5.41, 5.74) is 1.13. The molecule has 0 heterocycles. The fourth-order valence-corrected chi connectivity index (χ4v) is 8.45. The summed E-state index contributed by atoms with van der Waals surface area (Å²) in [5, 5.41) is 9.25. The average molecular weight is 361 g/mol. The van der Waals surface area contributed by atoms with Crippen LogP contribution in [0.2, 0.25) is 0 Å². The van der Waals surface area contributed by atoms with Crippen LogP contribution < -0.4 is 0 Å². The molecule has 26 heavy (non-hydrogen) atoms. The van der Waals surface area contributed by atoms with Crippen LogP contribution in [0.15, 0.2) is 0 Å². The van der Waals surface area contributed by atoms with Crippen LogP contribution in [0, 0.1) is 46.3 Å². The van der Waals surface area contributed by atoms with Gasteiger partial charge in [-0.05, 0) is 105 Å². The van der Waals surface area contributed by atoms with Gasteiger partial charge in [0.05, 0.1) is 5.92 Å². The highest BCUT2D eigenvalue weighted by Gasteiger charge is 2.59. The molecule has 0 aromatic carbocycles. The van der Waals surface area contributed by atoms with E-state index < -0.39 is 5.97 Å². The fraction of sp³-hybridized carbons (Fsp3) is 0.958. The largest absolute Gasteiger partial charge is 0.481 e. The van der Waals surface area contributed by atoms with Crippen molar-refractivity contribution in [3.8, 4) is 0 Å². The number of hydrogen-bond acceptors (Lipinski definition) is 1. The van der Waals surface area contributed by atoms with E-state index in [1.54, 1.807) is 0 Å². The number of hydrogen-bond donors (Lipinski definition) is 1. The number of carboxylic acids is 1. The maximum Gasteiger partial charge on any atom is 0.306 e. The van der Waals surface area contributed by atoms with Crippen molar-refractivity contribution in [1.29, 1.82) is 0 Å². The molecule has 0 aliphatic heterocycles. The number of carboxylic acid groups (broad SMARTS) is 1. The molecule has 0 radical (unpaired) electrons. The van der Waals surface area contributed by atoms with Gasteiger partial charge in [0, 0.05) is 0 Å². The van der Waals surface area contributed by atoms with Crippen molar-refractivity contribution in [2.45, 2.75) is 97.8 Å². The first kappa shape index (κ1) is 18.8. The molecule has 0 saturated heterocycles. The van der Waals surface area contributed by atoms with Crippen molar-refractivity contribution in [3.63, 3.8) is 0 Å². The molecule has 2 nitrogen and oxygen atoms in total. The van der Waals surface area contributed by atoms with Crippen LogP contribution in [0.5, 0.6) is 0 Å². The Labute approximate surface area is 160 Å². The summed E-state index contributed by atoms with van der Waals surface area (Å²) >= 11 is 0. The third kappa shape index (κ3) is 2.85. The lowest BCUT2D eigenvalue weighted by Crippen LogP contribution is -2.52. The number of carbonyl (C=O) groups is 1. The van der Waals surface area contributed by atoms with E-state index in [1.165, 1.54) is 64.2 Å². The Morgan fingerprint density at radius 1 is 0.962 bits per heavy atom. The SMILES string of the molecule is CC(CC[C@H]1CCC2C3CCC4CCCCC4(C)C3CCC21C)C(=O)O. The van der Waals surface area contributed by atoms with Crippen LogP contribution >= 0.6 is 0 Å². The highest BCUT2D eigenvalue weighted by molar-refractivity contribution is 5.69. The Hall–Kier alpha value is -0.530. The Bertz CT molecular complexity index is 542. The zero-order valence-corrected chi connectivity index (χ0v) is 17.3. The molecule has 8 atom stereocenters. The van der Waals surface area contributed by atoms with E-state index in [0.717, 1.165) is 42.4 Å². The molecule has 0 spiro atoms. The third-order valence-corrected chi connectivity index (χ3v) is 10.1. The van der Waals surface area contributed by atoms with E-state index in [4.69, 9.17) is 0 Å². The van der Waals surface area contributed by atoms with E-state index in [2.05, 4.69) is 13.8 Å². The monoisotopic (exact) mass is 360 g/mol. The van der Waals surface area contributed by atoms with Gasteiger partial charge in [-0.2, -0.15) is 0 Å². The van der Waals surface area contributed by atoms with Crippen LogP contribution in [0.25, 0.3) is 0 Å². The van der Waals surface area contributed by atoms with Gasteiger partial charge in [-0.25, -0.2) is 0 Å². The van der Waals surface area contributed by atoms with Crippen LogP contribution in [0.1, 0.15) is 97.8 Å². The second kappa shape index (κ2) is 6.82. The highest BCUT2D eigenvalue weighted by Crippen LogP contribution is 2.67. The first-order valence-electron chi connectivity index (χ1n) is 11.6. The van der Waals surface area contributed by atoms with E-state index in [0.29, 0.717) is 10.8 Å². The summed E-state index contributed by atoms with van der Waals surface area (Å²) in [6.07, 6.45) is 16.6. The topological polar surface area (TPSA) is 37.3 Å². The minimum absolute atomic E-state index is 0.175. The van der Waals surface area contributed by atoms with Crippen molar-refractivity contribution in [2.24, 2.45) is 46.3 Å². The molecule has 0 amide bonds. The maximum absolute atomic E-state index is 11.2. The third-order valence-electron chi connectivity index (χ3n) is 10.1. The van der Waals surface area contributed by atoms with Gasteiger partial charge < -0.3 is 5.11 Å². The molecule has 4 aliphatic carbocycles. The molecule has 148 valence electrons. The number of fused-ring (bicyclic) bond motifs is 5. The molecular weight excluding hydrogens is 320 g/mol. The van der Waals surface area contributed by atoms with E-state index in [1.807, 2.05) is 6.92 Å². The number of rotatable bonds is 4. The van der Waals surface area contributed by atoms with E-state index >= 15 is 0 Å². The molecule has 4 saturated carbocycles. The Morgan fingerprint density at radius 3 is 2.50 bits per heavy atom. The van der Waals surface area contributed by atoms with Gasteiger partial charge in [-0.1, -0.05) is 33.6 Å². The van der Waals surface area contributed by atoms with Crippen molar-refractivity contribution in [1.82, 2.24) is 0 Å². The molecule has 1 N–H and O–H groups in total. The molecule has 0 aromatic heterocycles. The Kier molecular flexibility index (Phi) is 4.93. The summed E-state index contributed by atoms with van der Waals surface area (Å²) in [5.74, 6) is 3.86. The van der Waals surface area contributed by atoms with Gasteiger partial charge >= 0.3 is 5.97 Å². The summed E-state index contributed by atoms with van der Waals surface area (Å²) in [7, 11) is 0. The zero-order valence-electron chi connectivity index (χ0n) is 17.3. The highest BCUT2D eigenvalue weighted by atomic mass is 16.4. The molecule has 0 aromatic rings. The standard InChI is InChI=1S/C24H40O2/c1-16(22(25)26)7-8-18-10-12-20-19-11-9-17-6-4-5-14-23(17,2)21(19)13-15-24(18,20)3/h16-21H,4-15H2,1-3H3,(H,25,26)/t16?,17?,18-,19?,20?,21?,23?,24?/m0/s1. The fourth-order valence-electron chi connectivity index (χ4n) is 8.45. The van der Waals surface area contributed by atoms with Gasteiger partial charge in [-0.15, -0.1) is 0 Å². The lowest BCUT2D eigenvalue weighted by atomic mass is 9.45. The maximum atomic E-state index is 11.2. The van der Waals surface area contributed by atoms with Crippen molar-refractivity contribution < 1.29 is 9.90 Å². The second-order valence-corrected chi connectivity index (χ2v) is 11.0.